The lowest BCUT2D eigenvalue weighted by Gasteiger charge is -2.33. The van der Waals surface area contributed by atoms with E-state index >= 15 is 0 Å². The highest BCUT2D eigenvalue weighted by Crippen LogP contribution is 2.33. The number of nitrogens with zero attached hydrogens (tertiary/aromatic N) is 5. The van der Waals surface area contributed by atoms with Gasteiger partial charge in [-0.2, -0.15) is 13.2 Å². The van der Waals surface area contributed by atoms with Crippen molar-refractivity contribution in [1.29, 1.82) is 0 Å². The number of imidazole rings is 1. The van der Waals surface area contributed by atoms with Crippen LogP contribution in [0.25, 0.3) is 11.0 Å². The molecule has 1 aliphatic heterocycles. The molecule has 1 aromatic carbocycles. The normalized spacial score (nSPS) is 16.5. The second-order valence-corrected chi connectivity index (χ2v) is 8.97. The van der Waals surface area contributed by atoms with Gasteiger partial charge >= 0.3 is 6.18 Å². The molecule has 3 heterocycles. The predicted molar refractivity (Wildman–Crippen MR) is 130 cm³/mol. The summed E-state index contributed by atoms with van der Waals surface area (Å²) in [5.41, 5.74) is 2.53. The van der Waals surface area contributed by atoms with Crippen LogP contribution in [-0.2, 0) is 18.0 Å². The van der Waals surface area contributed by atoms with Gasteiger partial charge < -0.3 is 20.1 Å². The van der Waals surface area contributed by atoms with Gasteiger partial charge in [0.2, 0.25) is 17.8 Å². The van der Waals surface area contributed by atoms with Gasteiger partial charge in [0.15, 0.2) is 0 Å². The molecule has 8 nitrogen and oxygen atoms in total. The van der Waals surface area contributed by atoms with E-state index in [0.717, 1.165) is 54.3 Å². The fraction of sp³-hybridized carbons (Fsp3) is 0.417. The summed E-state index contributed by atoms with van der Waals surface area (Å²) >= 11 is 0. The molecule has 0 unspecified atom stereocenters. The lowest BCUT2D eigenvalue weighted by Crippen LogP contribution is -2.43. The third-order valence-corrected chi connectivity index (χ3v) is 6.11. The van der Waals surface area contributed by atoms with Gasteiger partial charge in [0.05, 0.1) is 16.6 Å². The van der Waals surface area contributed by atoms with E-state index in [0.29, 0.717) is 12.2 Å². The average Bonchev–Trinajstić information content (AvgIpc) is 3.13. The maximum absolute atomic E-state index is 12.8. The zero-order valence-electron chi connectivity index (χ0n) is 19.9. The minimum absolute atomic E-state index is 0.0473. The Hall–Kier alpha value is -3.63. The van der Waals surface area contributed by atoms with Crippen molar-refractivity contribution < 1.29 is 18.0 Å². The first-order chi connectivity index (χ1) is 16.6. The molecule has 186 valence electrons. The van der Waals surface area contributed by atoms with Gasteiger partial charge in [-0.05, 0) is 42.5 Å². The lowest BCUT2D eigenvalue weighted by molar-refractivity contribution is -0.138. The SMILES string of the molecule is C=CC(=O)Nc1cc2nc(N3CCC[C@@H](Nc4ncc(C(F)(F)F)cn4)C3)n(C)c2cc1C(C)C. The van der Waals surface area contributed by atoms with E-state index in [-0.39, 0.29) is 23.8 Å². The van der Waals surface area contributed by atoms with E-state index in [1.165, 1.54) is 6.08 Å². The predicted octanol–water partition coefficient (Wildman–Crippen LogP) is 4.71. The van der Waals surface area contributed by atoms with Crippen LogP contribution in [0.5, 0.6) is 0 Å². The molecule has 2 aromatic heterocycles. The van der Waals surface area contributed by atoms with E-state index in [4.69, 9.17) is 4.98 Å². The number of benzene rings is 1. The number of carbonyl (C=O) groups excluding carboxylic acids is 1. The molecule has 11 heteroatoms. The molecular formula is C24H28F3N7O. The minimum Gasteiger partial charge on any atom is -0.350 e. The second kappa shape index (κ2) is 9.55. The first kappa shape index (κ1) is 24.5. The summed E-state index contributed by atoms with van der Waals surface area (Å²) < 4.78 is 40.4. The summed E-state index contributed by atoms with van der Waals surface area (Å²) in [5, 5.41) is 6.02. The highest BCUT2D eigenvalue weighted by Gasteiger charge is 2.31. The Kier molecular flexibility index (Phi) is 6.68. The molecule has 1 saturated heterocycles. The monoisotopic (exact) mass is 487 g/mol. The van der Waals surface area contributed by atoms with Crippen LogP contribution >= 0.6 is 0 Å². The van der Waals surface area contributed by atoms with Crippen LogP contribution < -0.4 is 15.5 Å². The fourth-order valence-electron chi connectivity index (χ4n) is 4.30. The van der Waals surface area contributed by atoms with Gasteiger partial charge in [-0.25, -0.2) is 15.0 Å². The highest BCUT2D eigenvalue weighted by molar-refractivity contribution is 6.01. The summed E-state index contributed by atoms with van der Waals surface area (Å²) in [6.45, 7) is 9.03. The number of nitrogens with one attached hydrogen (secondary N) is 2. The number of halogens is 3. The first-order valence-electron chi connectivity index (χ1n) is 11.4. The fourth-order valence-corrected chi connectivity index (χ4v) is 4.30. The third-order valence-electron chi connectivity index (χ3n) is 6.11. The van der Waals surface area contributed by atoms with Gasteiger partial charge in [0, 0.05) is 44.3 Å². The average molecular weight is 488 g/mol. The molecule has 3 aromatic rings. The summed E-state index contributed by atoms with van der Waals surface area (Å²) in [4.78, 5) is 26.6. The number of aryl methyl sites for hydroxylation is 1. The molecule has 0 spiro atoms. The van der Waals surface area contributed by atoms with Crippen LogP contribution in [0.15, 0.2) is 37.2 Å². The number of hydrogen-bond acceptors (Lipinski definition) is 6. The molecule has 1 fully saturated rings. The van der Waals surface area contributed by atoms with Crippen molar-refractivity contribution >= 4 is 34.5 Å². The number of anilines is 3. The molecule has 0 bridgehead atoms. The van der Waals surface area contributed by atoms with Crippen molar-refractivity contribution in [3.05, 3.63) is 48.3 Å². The molecular weight excluding hydrogens is 459 g/mol. The Morgan fingerprint density at radius 3 is 2.60 bits per heavy atom. The van der Waals surface area contributed by atoms with E-state index in [9.17, 15) is 18.0 Å². The van der Waals surface area contributed by atoms with Crippen LogP contribution in [0.2, 0.25) is 0 Å². The first-order valence-corrected chi connectivity index (χ1v) is 11.4. The third kappa shape index (κ3) is 5.23. The van der Waals surface area contributed by atoms with Crippen molar-refractivity contribution in [2.75, 3.05) is 28.6 Å². The summed E-state index contributed by atoms with van der Waals surface area (Å²) in [5.74, 6) is 0.851. The van der Waals surface area contributed by atoms with Gasteiger partial charge in [-0.15, -0.1) is 0 Å². The number of rotatable bonds is 6. The second-order valence-electron chi connectivity index (χ2n) is 8.97. The number of amides is 1. The molecule has 2 N–H and O–H groups in total. The number of carbonyl (C=O) groups is 1. The van der Waals surface area contributed by atoms with Gasteiger partial charge in [-0.3, -0.25) is 4.79 Å². The Morgan fingerprint density at radius 2 is 1.97 bits per heavy atom. The van der Waals surface area contributed by atoms with Gasteiger partial charge in [-0.1, -0.05) is 20.4 Å². The number of alkyl halides is 3. The van der Waals surface area contributed by atoms with Crippen molar-refractivity contribution in [2.24, 2.45) is 7.05 Å². The van der Waals surface area contributed by atoms with Crippen LogP contribution in [0.3, 0.4) is 0 Å². The smallest absolute Gasteiger partial charge is 0.350 e. The Bertz CT molecular complexity index is 1230. The Balaban J connectivity index is 1.57. The van der Waals surface area contributed by atoms with Crippen LogP contribution in [-0.4, -0.2) is 44.6 Å². The molecule has 0 aliphatic carbocycles. The summed E-state index contributed by atoms with van der Waals surface area (Å²) in [6, 6.07) is 3.88. The van der Waals surface area contributed by atoms with Crippen LogP contribution in [0.4, 0.5) is 30.8 Å². The zero-order chi connectivity index (χ0) is 25.3. The molecule has 1 amide bonds. The van der Waals surface area contributed by atoms with Crippen molar-refractivity contribution in [1.82, 2.24) is 19.5 Å². The summed E-state index contributed by atoms with van der Waals surface area (Å²) in [7, 11) is 1.95. The maximum Gasteiger partial charge on any atom is 0.419 e. The van der Waals surface area contributed by atoms with Crippen molar-refractivity contribution in [2.45, 2.75) is 44.8 Å². The van der Waals surface area contributed by atoms with Gasteiger partial charge in [0.25, 0.3) is 0 Å². The molecule has 4 rings (SSSR count). The summed E-state index contributed by atoms with van der Waals surface area (Å²) in [6.07, 6.45) is 0.0515. The molecule has 0 radical (unpaired) electrons. The topological polar surface area (TPSA) is 88.0 Å². The Morgan fingerprint density at radius 1 is 1.26 bits per heavy atom. The zero-order valence-corrected chi connectivity index (χ0v) is 19.9. The highest BCUT2D eigenvalue weighted by atomic mass is 19.4. The Labute approximate surface area is 201 Å². The van der Waals surface area contributed by atoms with E-state index < -0.39 is 11.7 Å². The molecule has 1 atom stereocenters. The van der Waals surface area contributed by atoms with E-state index in [2.05, 4.69) is 45.9 Å². The van der Waals surface area contributed by atoms with Crippen molar-refractivity contribution in [3.8, 4) is 0 Å². The standard InChI is InChI=1S/C24H28F3N7O/c1-5-21(35)31-18-10-19-20(9-17(18)14(2)3)33(4)23(32-19)34-8-6-7-16(13-34)30-22-28-11-15(12-29-22)24(25,26)27/h5,9-12,14,16H,1,6-8,13H2,2-4H3,(H,31,35)(H,28,29,30)/t16-/m1/s1. The maximum atomic E-state index is 12.8. The minimum atomic E-state index is -4.47. The number of fused-ring (bicyclic) bond motifs is 1. The number of aromatic nitrogens is 4. The number of hydrogen-bond donors (Lipinski definition) is 2. The quantitative estimate of drug-likeness (QED) is 0.490. The lowest BCUT2D eigenvalue weighted by atomic mass is 10.00. The van der Waals surface area contributed by atoms with Gasteiger partial charge in [0.1, 0.15) is 0 Å². The van der Waals surface area contributed by atoms with Crippen LogP contribution in [0.1, 0.15) is 43.7 Å². The van der Waals surface area contributed by atoms with E-state index in [1.54, 1.807) is 0 Å². The van der Waals surface area contributed by atoms with Crippen LogP contribution in [0, 0.1) is 0 Å². The molecule has 1 aliphatic rings. The van der Waals surface area contributed by atoms with Crippen molar-refractivity contribution in [3.63, 3.8) is 0 Å². The largest absolute Gasteiger partial charge is 0.419 e. The molecule has 0 saturated carbocycles. The molecule has 35 heavy (non-hydrogen) atoms. The van der Waals surface area contributed by atoms with E-state index in [1.807, 2.05) is 23.7 Å². The number of piperidine rings is 1.